The molecule has 2 aromatic carbocycles. The Kier molecular flexibility index (Phi) is 6.90. The molecule has 0 aliphatic heterocycles. The van der Waals surface area contributed by atoms with Crippen LogP contribution in [0.15, 0.2) is 48.7 Å². The van der Waals surface area contributed by atoms with Gasteiger partial charge in [-0.1, -0.05) is 53.4 Å². The van der Waals surface area contributed by atoms with E-state index in [0.717, 1.165) is 16.3 Å². The molecule has 0 saturated heterocycles. The van der Waals surface area contributed by atoms with Crippen LogP contribution in [0.5, 0.6) is 5.75 Å². The molecule has 144 valence electrons. The molecule has 4 heteroatoms. The molecular weight excluding hydrogens is 457 g/mol. The lowest BCUT2D eigenvalue weighted by Crippen LogP contribution is -2.14. The lowest BCUT2D eigenvalue weighted by Gasteiger charge is -2.25. The number of allylic oxidation sites excluding steroid dienone is 1. The smallest absolute Gasteiger partial charge is 0.201 e. The van der Waals surface area contributed by atoms with E-state index < -0.39 is 11.6 Å². The van der Waals surface area contributed by atoms with Crippen molar-refractivity contribution in [3.8, 4) is 16.9 Å². The monoisotopic (exact) mass is 482 g/mol. The molecule has 3 rings (SSSR count). The highest BCUT2D eigenvalue weighted by Crippen LogP contribution is 2.33. The van der Waals surface area contributed by atoms with Crippen LogP contribution in [0.4, 0.5) is 8.78 Å². The maximum Gasteiger partial charge on any atom is 0.201 e. The Labute approximate surface area is 174 Å². The van der Waals surface area contributed by atoms with Crippen molar-refractivity contribution >= 4 is 22.6 Å². The molecule has 1 aliphatic rings. The predicted molar refractivity (Wildman–Crippen MR) is 115 cm³/mol. The molecule has 0 spiro atoms. The van der Waals surface area contributed by atoms with Crippen LogP contribution in [0, 0.1) is 17.6 Å². The van der Waals surface area contributed by atoms with E-state index >= 15 is 0 Å². The van der Waals surface area contributed by atoms with Gasteiger partial charge in [0, 0.05) is 9.49 Å². The standard InChI is InChI=1S/C23H25F2IO/c1-15(2)27-21-14-13-20(22(24)23(21)25)18-9-5-16(6-10-18)3-4-17-7-11-19(26)12-8-17/h5-6,9-10,13-14,17,19H,1,3-4,7-8,11-12H2,2H3. The van der Waals surface area contributed by atoms with E-state index in [1.807, 2.05) is 24.3 Å². The van der Waals surface area contributed by atoms with Gasteiger partial charge >= 0.3 is 0 Å². The van der Waals surface area contributed by atoms with Crippen LogP contribution in [0.2, 0.25) is 0 Å². The van der Waals surface area contributed by atoms with Gasteiger partial charge in [-0.2, -0.15) is 4.39 Å². The molecule has 1 fully saturated rings. The number of hydrogen-bond acceptors (Lipinski definition) is 1. The predicted octanol–water partition coefficient (Wildman–Crippen LogP) is 7.47. The van der Waals surface area contributed by atoms with E-state index in [9.17, 15) is 8.78 Å². The SMILES string of the molecule is C=C(C)Oc1ccc(-c2ccc(CCC3CCC(I)CC3)cc2)c(F)c1F. The van der Waals surface area contributed by atoms with Crippen molar-refractivity contribution in [2.75, 3.05) is 0 Å². The summed E-state index contributed by atoms with van der Waals surface area (Å²) in [5, 5.41) is 0. The van der Waals surface area contributed by atoms with Crippen molar-refractivity contribution in [2.45, 2.75) is 49.4 Å². The fourth-order valence-electron chi connectivity index (χ4n) is 3.65. The summed E-state index contributed by atoms with van der Waals surface area (Å²) in [5.74, 6) is -0.871. The van der Waals surface area contributed by atoms with Crippen molar-refractivity contribution in [3.63, 3.8) is 0 Å². The minimum absolute atomic E-state index is 0.137. The Morgan fingerprint density at radius 2 is 1.70 bits per heavy atom. The summed E-state index contributed by atoms with van der Waals surface area (Å²) in [6.07, 6.45) is 7.57. The van der Waals surface area contributed by atoms with Gasteiger partial charge < -0.3 is 4.74 Å². The van der Waals surface area contributed by atoms with Crippen LogP contribution < -0.4 is 4.74 Å². The van der Waals surface area contributed by atoms with Gasteiger partial charge in [-0.25, -0.2) is 4.39 Å². The van der Waals surface area contributed by atoms with Crippen LogP contribution in [0.25, 0.3) is 11.1 Å². The molecule has 2 aromatic rings. The summed E-state index contributed by atoms with van der Waals surface area (Å²) in [6, 6.07) is 10.8. The van der Waals surface area contributed by atoms with E-state index in [1.54, 1.807) is 13.0 Å². The summed E-state index contributed by atoms with van der Waals surface area (Å²) < 4.78 is 34.6. The van der Waals surface area contributed by atoms with Crippen molar-refractivity contribution in [1.29, 1.82) is 0 Å². The fourth-order valence-corrected chi connectivity index (χ4v) is 4.37. The summed E-state index contributed by atoms with van der Waals surface area (Å²) in [7, 11) is 0. The molecule has 0 unspecified atom stereocenters. The maximum atomic E-state index is 14.4. The number of hydrogen-bond donors (Lipinski definition) is 0. The molecule has 0 heterocycles. The van der Waals surface area contributed by atoms with Gasteiger partial charge in [-0.05, 0) is 74.6 Å². The van der Waals surface area contributed by atoms with Crippen molar-refractivity contribution in [2.24, 2.45) is 5.92 Å². The van der Waals surface area contributed by atoms with Gasteiger partial charge in [0.05, 0.1) is 5.76 Å². The molecule has 0 N–H and O–H groups in total. The zero-order chi connectivity index (χ0) is 19.4. The highest BCUT2D eigenvalue weighted by Gasteiger charge is 2.19. The largest absolute Gasteiger partial charge is 0.459 e. The summed E-state index contributed by atoms with van der Waals surface area (Å²) in [5.41, 5.74) is 2.16. The third-order valence-electron chi connectivity index (χ3n) is 5.21. The molecule has 1 nitrogen and oxygen atoms in total. The molecular formula is C23H25F2IO. The molecule has 0 bridgehead atoms. The Bertz CT molecular complexity index is 793. The lowest BCUT2D eigenvalue weighted by molar-refractivity contribution is 0.351. The number of rotatable bonds is 6. The number of benzene rings is 2. The maximum absolute atomic E-state index is 14.4. The second-order valence-corrected chi connectivity index (χ2v) is 9.16. The highest BCUT2D eigenvalue weighted by molar-refractivity contribution is 14.1. The number of alkyl halides is 1. The number of ether oxygens (including phenoxy) is 1. The lowest BCUT2D eigenvalue weighted by atomic mass is 9.85. The number of halogens is 3. The third kappa shape index (κ3) is 5.31. The zero-order valence-electron chi connectivity index (χ0n) is 15.6. The van der Waals surface area contributed by atoms with Gasteiger partial charge in [0.25, 0.3) is 0 Å². The molecule has 0 atom stereocenters. The highest BCUT2D eigenvalue weighted by atomic mass is 127. The van der Waals surface area contributed by atoms with Gasteiger partial charge in [0.2, 0.25) is 5.82 Å². The van der Waals surface area contributed by atoms with Gasteiger partial charge in [-0.3, -0.25) is 0 Å². The first-order chi connectivity index (χ1) is 12.9. The Morgan fingerprint density at radius 3 is 2.33 bits per heavy atom. The normalized spacial score (nSPS) is 19.7. The second-order valence-electron chi connectivity index (χ2n) is 7.40. The van der Waals surface area contributed by atoms with Gasteiger partial charge in [0.1, 0.15) is 0 Å². The minimum atomic E-state index is -0.981. The average molecular weight is 482 g/mol. The summed E-state index contributed by atoms with van der Waals surface area (Å²) in [6.45, 7) is 5.15. The molecule has 0 aromatic heterocycles. The first-order valence-corrected chi connectivity index (χ1v) is 10.7. The summed E-state index contributed by atoms with van der Waals surface area (Å²) >= 11 is 2.56. The first kappa shape index (κ1) is 20.3. The van der Waals surface area contributed by atoms with Crippen LogP contribution >= 0.6 is 22.6 Å². The second kappa shape index (κ2) is 9.18. The van der Waals surface area contributed by atoms with Gasteiger partial charge in [0.15, 0.2) is 11.6 Å². The van der Waals surface area contributed by atoms with E-state index in [0.29, 0.717) is 11.3 Å². The molecule has 0 amide bonds. The zero-order valence-corrected chi connectivity index (χ0v) is 17.8. The molecule has 0 radical (unpaired) electrons. The van der Waals surface area contributed by atoms with E-state index in [1.165, 1.54) is 43.7 Å². The van der Waals surface area contributed by atoms with Gasteiger partial charge in [-0.15, -0.1) is 0 Å². The minimum Gasteiger partial charge on any atom is -0.459 e. The average Bonchev–Trinajstić information content (AvgIpc) is 2.65. The van der Waals surface area contributed by atoms with Crippen molar-refractivity contribution < 1.29 is 13.5 Å². The molecule has 1 saturated carbocycles. The quantitative estimate of drug-likeness (QED) is 0.236. The van der Waals surface area contributed by atoms with Crippen molar-refractivity contribution in [3.05, 3.63) is 65.9 Å². The van der Waals surface area contributed by atoms with E-state index in [-0.39, 0.29) is 11.3 Å². The Hall–Kier alpha value is -1.43. The fraction of sp³-hybridized carbons (Fsp3) is 0.391. The Morgan fingerprint density at radius 1 is 1.04 bits per heavy atom. The van der Waals surface area contributed by atoms with Crippen molar-refractivity contribution in [1.82, 2.24) is 0 Å². The topological polar surface area (TPSA) is 9.23 Å². The first-order valence-electron chi connectivity index (χ1n) is 9.48. The number of aryl methyl sites for hydroxylation is 1. The molecule has 27 heavy (non-hydrogen) atoms. The van der Waals surface area contributed by atoms with Crippen LogP contribution in [0.3, 0.4) is 0 Å². The Balaban J connectivity index is 1.66. The molecule has 1 aliphatic carbocycles. The third-order valence-corrected chi connectivity index (χ3v) is 6.46. The van der Waals surface area contributed by atoms with Crippen LogP contribution in [-0.4, -0.2) is 3.92 Å². The van der Waals surface area contributed by atoms with Crippen LogP contribution in [0.1, 0.15) is 44.6 Å². The summed E-state index contributed by atoms with van der Waals surface area (Å²) in [4.78, 5) is 0. The van der Waals surface area contributed by atoms with E-state index in [2.05, 4.69) is 29.2 Å². The van der Waals surface area contributed by atoms with E-state index in [4.69, 9.17) is 4.74 Å². The van der Waals surface area contributed by atoms with Crippen LogP contribution in [-0.2, 0) is 6.42 Å².